The van der Waals surface area contributed by atoms with Gasteiger partial charge in [0.25, 0.3) is 10.1 Å². The van der Waals surface area contributed by atoms with Crippen LogP contribution in [0.25, 0.3) is 0 Å². The molecule has 1 rings (SSSR count). The molecule has 1 unspecified atom stereocenters. The lowest BCUT2D eigenvalue weighted by Gasteiger charge is -2.06. The number of rotatable bonds is 4. The third-order valence-corrected chi connectivity index (χ3v) is 3.16. The zero-order chi connectivity index (χ0) is 12.2. The molecule has 0 aromatic heterocycles. The van der Waals surface area contributed by atoms with Gasteiger partial charge in [0.15, 0.2) is 0 Å². The maximum Gasteiger partial charge on any atom is 0.299 e. The molecule has 16 heavy (non-hydrogen) atoms. The lowest BCUT2D eigenvalue weighted by Crippen LogP contribution is -2.12. The fraction of sp³-hybridized carbons (Fsp3) is 0.273. The molecule has 0 aliphatic heterocycles. The van der Waals surface area contributed by atoms with Gasteiger partial charge in [0.05, 0.1) is 4.90 Å². The second-order valence-electron chi connectivity index (χ2n) is 3.24. The fourth-order valence-corrected chi connectivity index (χ4v) is 1.95. The van der Waals surface area contributed by atoms with E-state index < -0.39 is 16.5 Å². The van der Waals surface area contributed by atoms with Crippen LogP contribution in [0.15, 0.2) is 41.3 Å². The Balaban J connectivity index is 2.90. The van der Waals surface area contributed by atoms with Crippen LogP contribution < -0.4 is 0 Å². The minimum Gasteiger partial charge on any atom is -0.225 e. The number of alkyl halides is 1. The van der Waals surface area contributed by atoms with Gasteiger partial charge in [-0.15, -0.1) is 0 Å². The van der Waals surface area contributed by atoms with Crippen LogP contribution in [0.5, 0.6) is 0 Å². The van der Waals surface area contributed by atoms with Crippen molar-refractivity contribution in [2.45, 2.75) is 25.1 Å². The normalized spacial score (nSPS) is 14.2. The number of hydrogen-bond donors (Lipinski definition) is 0. The lowest BCUT2D eigenvalue weighted by atomic mass is 10.2. The van der Waals surface area contributed by atoms with Crippen molar-refractivity contribution in [2.24, 2.45) is 0 Å². The summed E-state index contributed by atoms with van der Waals surface area (Å²) in [5.41, 5.74) is 0.921. The number of aryl methyl sites for hydroxylation is 1. The Morgan fingerprint density at radius 1 is 1.31 bits per heavy atom. The minimum atomic E-state index is -4.02. The first-order chi connectivity index (χ1) is 7.45. The number of allylic oxidation sites excluding steroid dienone is 1. The van der Waals surface area contributed by atoms with E-state index in [1.54, 1.807) is 19.1 Å². The van der Waals surface area contributed by atoms with Crippen LogP contribution in [0.4, 0.5) is 4.39 Å². The summed E-state index contributed by atoms with van der Waals surface area (Å²) in [6, 6.07) is 6.01. The second-order valence-corrected chi connectivity index (χ2v) is 4.81. The largest absolute Gasteiger partial charge is 0.299 e. The molecule has 0 fully saturated rings. The molecule has 3 nitrogen and oxygen atoms in total. The van der Waals surface area contributed by atoms with Crippen LogP contribution in [0.3, 0.4) is 0 Å². The first-order valence-corrected chi connectivity index (χ1v) is 6.13. The van der Waals surface area contributed by atoms with Crippen LogP contribution >= 0.6 is 0 Å². The molecule has 0 spiro atoms. The van der Waals surface area contributed by atoms with E-state index in [4.69, 9.17) is 0 Å². The summed E-state index contributed by atoms with van der Waals surface area (Å²) in [6.45, 7) is 3.41. The van der Waals surface area contributed by atoms with Gasteiger partial charge in [0.2, 0.25) is 6.36 Å². The Hall–Kier alpha value is -1.20. The first kappa shape index (κ1) is 12.9. The summed E-state index contributed by atoms with van der Waals surface area (Å²) < 4.78 is 40.4. The van der Waals surface area contributed by atoms with E-state index in [0.29, 0.717) is 0 Å². The van der Waals surface area contributed by atoms with Crippen LogP contribution in [0.2, 0.25) is 0 Å². The maximum atomic E-state index is 13.0. The van der Waals surface area contributed by atoms with Gasteiger partial charge in [-0.1, -0.05) is 23.8 Å². The molecule has 0 amide bonds. The number of hydrogen-bond acceptors (Lipinski definition) is 3. The molecule has 0 aliphatic rings. The molecule has 1 aromatic rings. The molecule has 0 bridgehead atoms. The van der Waals surface area contributed by atoms with Gasteiger partial charge >= 0.3 is 0 Å². The standard InChI is InChI=1S/C11H13FO3S/c1-3-4-11(12)15-16(13,14)10-7-5-9(2)6-8-10/h3-8,11H,1-2H3/b4-3-. The maximum absolute atomic E-state index is 13.0. The SMILES string of the molecule is C/C=C\C(F)OS(=O)(=O)c1ccc(C)cc1. The molecule has 0 saturated carbocycles. The number of benzene rings is 1. The smallest absolute Gasteiger partial charge is 0.225 e. The molecule has 1 aromatic carbocycles. The summed E-state index contributed by atoms with van der Waals surface area (Å²) in [7, 11) is -4.02. The predicted octanol–water partition coefficient (Wildman–Crippen LogP) is 2.57. The quantitative estimate of drug-likeness (QED) is 0.604. The Kier molecular flexibility index (Phi) is 4.20. The monoisotopic (exact) mass is 244 g/mol. The third-order valence-electron chi connectivity index (χ3n) is 1.87. The molecule has 5 heteroatoms. The van der Waals surface area contributed by atoms with Crippen LogP contribution in [-0.2, 0) is 14.3 Å². The van der Waals surface area contributed by atoms with Crippen molar-refractivity contribution in [1.82, 2.24) is 0 Å². The Labute approximate surface area is 94.7 Å². The highest BCUT2D eigenvalue weighted by Crippen LogP contribution is 2.15. The van der Waals surface area contributed by atoms with Gasteiger partial charge in [0, 0.05) is 0 Å². The molecule has 1 atom stereocenters. The molecular weight excluding hydrogens is 231 g/mol. The van der Waals surface area contributed by atoms with E-state index in [1.165, 1.54) is 18.2 Å². The van der Waals surface area contributed by atoms with E-state index in [2.05, 4.69) is 4.18 Å². The molecule has 0 saturated heterocycles. The second kappa shape index (κ2) is 5.23. The summed E-state index contributed by atoms with van der Waals surface area (Å²) in [4.78, 5) is -0.0507. The summed E-state index contributed by atoms with van der Waals surface area (Å²) in [5, 5.41) is 0. The van der Waals surface area contributed by atoms with Gasteiger partial charge in [-0.05, 0) is 32.1 Å². The summed E-state index contributed by atoms with van der Waals surface area (Å²) in [6.07, 6.45) is 0.456. The van der Waals surface area contributed by atoms with Crippen molar-refractivity contribution in [1.29, 1.82) is 0 Å². The van der Waals surface area contributed by atoms with Gasteiger partial charge < -0.3 is 0 Å². The van der Waals surface area contributed by atoms with Crippen molar-refractivity contribution >= 4 is 10.1 Å². The molecule has 0 heterocycles. The average molecular weight is 244 g/mol. The third kappa shape index (κ3) is 3.43. The Bertz CT molecular complexity index is 463. The molecule has 0 N–H and O–H groups in total. The van der Waals surface area contributed by atoms with Gasteiger partial charge in [-0.25, -0.2) is 8.57 Å². The van der Waals surface area contributed by atoms with E-state index >= 15 is 0 Å². The average Bonchev–Trinajstić information content (AvgIpc) is 2.17. The topological polar surface area (TPSA) is 43.4 Å². The summed E-state index contributed by atoms with van der Waals surface area (Å²) >= 11 is 0. The van der Waals surface area contributed by atoms with E-state index in [0.717, 1.165) is 11.6 Å². The van der Waals surface area contributed by atoms with Crippen LogP contribution in [-0.4, -0.2) is 14.8 Å². The highest BCUT2D eigenvalue weighted by Gasteiger charge is 2.19. The molecular formula is C11H13FO3S. The lowest BCUT2D eigenvalue weighted by molar-refractivity contribution is 0.121. The molecule has 0 aliphatic carbocycles. The van der Waals surface area contributed by atoms with E-state index in [-0.39, 0.29) is 4.90 Å². The fourth-order valence-electron chi connectivity index (χ4n) is 1.06. The summed E-state index contributed by atoms with van der Waals surface area (Å²) in [5.74, 6) is 0. The minimum absolute atomic E-state index is 0.0507. The van der Waals surface area contributed by atoms with Crippen LogP contribution in [0.1, 0.15) is 12.5 Å². The zero-order valence-corrected chi connectivity index (χ0v) is 9.87. The van der Waals surface area contributed by atoms with Crippen molar-refractivity contribution in [3.05, 3.63) is 42.0 Å². The highest BCUT2D eigenvalue weighted by molar-refractivity contribution is 7.86. The van der Waals surface area contributed by atoms with Crippen molar-refractivity contribution in [3.8, 4) is 0 Å². The van der Waals surface area contributed by atoms with Crippen molar-refractivity contribution < 1.29 is 17.0 Å². The highest BCUT2D eigenvalue weighted by atomic mass is 32.2. The van der Waals surface area contributed by atoms with Crippen LogP contribution in [0, 0.1) is 6.92 Å². The first-order valence-electron chi connectivity index (χ1n) is 4.72. The van der Waals surface area contributed by atoms with Gasteiger partial charge in [-0.3, -0.25) is 0 Å². The van der Waals surface area contributed by atoms with Gasteiger partial charge in [-0.2, -0.15) is 8.42 Å². The molecule has 0 radical (unpaired) electrons. The van der Waals surface area contributed by atoms with Crippen molar-refractivity contribution in [2.75, 3.05) is 0 Å². The molecule has 88 valence electrons. The van der Waals surface area contributed by atoms with Gasteiger partial charge in [0.1, 0.15) is 0 Å². The zero-order valence-electron chi connectivity index (χ0n) is 9.05. The van der Waals surface area contributed by atoms with Crippen molar-refractivity contribution in [3.63, 3.8) is 0 Å². The Morgan fingerprint density at radius 3 is 2.38 bits per heavy atom. The number of halogens is 1. The van der Waals surface area contributed by atoms with E-state index in [9.17, 15) is 12.8 Å². The van der Waals surface area contributed by atoms with E-state index in [1.807, 2.05) is 6.92 Å². The predicted molar refractivity (Wildman–Crippen MR) is 59.2 cm³/mol. The Morgan fingerprint density at radius 2 is 1.88 bits per heavy atom.